The molecule has 2 amide bonds. The van der Waals surface area contributed by atoms with Crippen molar-refractivity contribution in [1.29, 1.82) is 0 Å². The zero-order chi connectivity index (χ0) is 18.8. The van der Waals surface area contributed by atoms with Gasteiger partial charge in [0.05, 0.1) is 0 Å². The minimum Gasteiger partial charge on any atom is -0.442 e. The Bertz CT molecular complexity index is 697. The number of hydrogen-bond acceptors (Lipinski definition) is 6. The zero-order valence-corrected chi connectivity index (χ0v) is 16.1. The summed E-state index contributed by atoms with van der Waals surface area (Å²) in [5.74, 6) is -0.382. The number of ether oxygens (including phenoxy) is 1. The number of carbonyl (C=O) groups excluding carboxylic acids is 2. The number of nitrogens with zero attached hydrogens (tertiary/aromatic N) is 2. The van der Waals surface area contributed by atoms with Crippen LogP contribution in [0.1, 0.15) is 33.3 Å². The molecule has 25 heavy (non-hydrogen) atoms. The van der Waals surface area contributed by atoms with Gasteiger partial charge in [0.25, 0.3) is 5.91 Å². The summed E-state index contributed by atoms with van der Waals surface area (Å²) in [6.07, 6.45) is 1.21. The molecule has 1 atom stereocenters. The van der Waals surface area contributed by atoms with Gasteiger partial charge in [-0.05, 0) is 46.1 Å². The first kappa shape index (κ1) is 19.3. The lowest BCUT2D eigenvalue weighted by molar-refractivity contribution is -0.149. The normalized spacial score (nSPS) is 20.5. The number of likely N-dealkylation sites (N-methyl/N-ethyl adjacent to an activating group) is 1. The van der Waals surface area contributed by atoms with Gasteiger partial charge in [-0.25, -0.2) is 14.6 Å². The predicted molar refractivity (Wildman–Crippen MR) is 96.4 cm³/mol. The van der Waals surface area contributed by atoms with E-state index in [0.29, 0.717) is 5.71 Å². The molecule has 0 saturated carbocycles. The molecule has 0 aliphatic carbocycles. The van der Waals surface area contributed by atoms with Gasteiger partial charge in [-0.3, -0.25) is 4.79 Å². The Hall–Kier alpha value is -2.06. The number of rotatable bonds is 4. The van der Waals surface area contributed by atoms with E-state index in [1.54, 1.807) is 46.5 Å². The Balaban J connectivity index is 2.21. The molecule has 1 unspecified atom stereocenters. The summed E-state index contributed by atoms with van der Waals surface area (Å²) >= 11 is 1.62. The summed E-state index contributed by atoms with van der Waals surface area (Å²) in [5, 5.41) is 5.48. The Morgan fingerprint density at radius 3 is 2.40 bits per heavy atom. The van der Waals surface area contributed by atoms with Crippen molar-refractivity contribution >= 4 is 29.5 Å². The fourth-order valence-electron chi connectivity index (χ4n) is 2.32. The van der Waals surface area contributed by atoms with Crippen LogP contribution in [0.2, 0.25) is 0 Å². The maximum absolute atomic E-state index is 12.5. The molecule has 8 heteroatoms. The molecule has 0 spiro atoms. The summed E-state index contributed by atoms with van der Waals surface area (Å²) in [4.78, 5) is 30.9. The van der Waals surface area contributed by atoms with Crippen molar-refractivity contribution in [3.63, 3.8) is 0 Å². The SMILES string of the molecule is CSc1ccc(C2=NN(C)C(=O)C2(C)ONC(=O)OC(C)(C)C)cc1. The minimum absolute atomic E-state index is 0.382. The fraction of sp³-hybridized carbons (Fsp3) is 0.471. The Morgan fingerprint density at radius 1 is 1.28 bits per heavy atom. The molecule has 0 bridgehead atoms. The number of amides is 2. The van der Waals surface area contributed by atoms with E-state index in [9.17, 15) is 9.59 Å². The van der Waals surface area contributed by atoms with E-state index in [-0.39, 0.29) is 5.91 Å². The van der Waals surface area contributed by atoms with Gasteiger partial charge < -0.3 is 4.74 Å². The molecule has 0 fully saturated rings. The van der Waals surface area contributed by atoms with Crippen molar-refractivity contribution in [2.24, 2.45) is 5.10 Å². The van der Waals surface area contributed by atoms with Gasteiger partial charge >= 0.3 is 6.09 Å². The first-order valence-electron chi connectivity index (χ1n) is 7.75. The molecule has 0 saturated heterocycles. The highest BCUT2D eigenvalue weighted by Crippen LogP contribution is 2.28. The van der Waals surface area contributed by atoms with E-state index in [0.717, 1.165) is 10.5 Å². The summed E-state index contributed by atoms with van der Waals surface area (Å²) < 4.78 is 5.13. The van der Waals surface area contributed by atoms with Crippen LogP contribution in [0.15, 0.2) is 34.3 Å². The van der Waals surface area contributed by atoms with E-state index < -0.39 is 17.3 Å². The summed E-state index contributed by atoms with van der Waals surface area (Å²) in [5.41, 5.74) is 1.25. The van der Waals surface area contributed by atoms with Gasteiger partial charge in [-0.15, -0.1) is 11.8 Å². The van der Waals surface area contributed by atoms with E-state index in [4.69, 9.17) is 9.57 Å². The number of hydrogen-bond donors (Lipinski definition) is 1. The number of thioether (sulfide) groups is 1. The maximum atomic E-state index is 12.5. The van der Waals surface area contributed by atoms with Crippen LogP contribution in [-0.4, -0.2) is 47.2 Å². The molecule has 7 nitrogen and oxygen atoms in total. The van der Waals surface area contributed by atoms with Crippen LogP contribution >= 0.6 is 11.8 Å². The molecule has 1 aromatic rings. The number of hydroxylamine groups is 1. The second-order valence-corrected chi connectivity index (χ2v) is 7.62. The first-order valence-corrected chi connectivity index (χ1v) is 8.98. The van der Waals surface area contributed by atoms with Crippen molar-refractivity contribution in [2.45, 2.75) is 43.8 Å². The molecule has 1 N–H and O–H groups in total. The molecular weight excluding hydrogens is 342 g/mol. The molecule has 0 aromatic heterocycles. The molecule has 0 radical (unpaired) electrons. The molecule has 1 aliphatic heterocycles. The van der Waals surface area contributed by atoms with Gasteiger partial charge in [0, 0.05) is 17.5 Å². The molecule has 2 rings (SSSR count). The van der Waals surface area contributed by atoms with Gasteiger partial charge in [0.15, 0.2) is 0 Å². The molecule has 1 aliphatic rings. The van der Waals surface area contributed by atoms with E-state index in [1.165, 1.54) is 5.01 Å². The highest BCUT2D eigenvalue weighted by atomic mass is 32.2. The molecule has 1 aromatic carbocycles. The third-order valence-electron chi connectivity index (χ3n) is 3.50. The second-order valence-electron chi connectivity index (χ2n) is 6.75. The monoisotopic (exact) mass is 365 g/mol. The summed E-state index contributed by atoms with van der Waals surface area (Å²) in [6, 6.07) is 7.61. The molecule has 1 heterocycles. The van der Waals surface area contributed by atoms with Crippen LogP contribution < -0.4 is 5.48 Å². The smallest absolute Gasteiger partial charge is 0.431 e. The topological polar surface area (TPSA) is 80.2 Å². The van der Waals surface area contributed by atoms with Crippen LogP contribution in [0.25, 0.3) is 0 Å². The minimum atomic E-state index is -1.44. The van der Waals surface area contributed by atoms with Crippen molar-refractivity contribution < 1.29 is 19.2 Å². The van der Waals surface area contributed by atoms with Gasteiger partial charge in [0.2, 0.25) is 5.60 Å². The fourth-order valence-corrected chi connectivity index (χ4v) is 2.73. The Morgan fingerprint density at radius 2 is 1.88 bits per heavy atom. The predicted octanol–water partition coefficient (Wildman–Crippen LogP) is 2.80. The van der Waals surface area contributed by atoms with Gasteiger partial charge in [-0.2, -0.15) is 10.6 Å². The van der Waals surface area contributed by atoms with Crippen molar-refractivity contribution in [3.05, 3.63) is 29.8 Å². The standard InChI is InChI=1S/C17H23N3O4S/c1-16(2,3)23-15(22)19-24-17(4)13(18-20(5)14(17)21)11-7-9-12(25-6)10-8-11/h7-10H,1-6H3,(H,19,22). The Labute approximate surface area is 151 Å². The number of hydrazone groups is 1. The van der Waals surface area contributed by atoms with Gasteiger partial charge in [0.1, 0.15) is 11.3 Å². The van der Waals surface area contributed by atoms with Crippen LogP contribution in [0.4, 0.5) is 4.79 Å². The van der Waals surface area contributed by atoms with Crippen molar-refractivity contribution in [1.82, 2.24) is 10.5 Å². The third-order valence-corrected chi connectivity index (χ3v) is 4.25. The number of nitrogens with one attached hydrogen (secondary N) is 1. The molecular formula is C17H23N3O4S. The lowest BCUT2D eigenvalue weighted by Crippen LogP contribution is -2.50. The van der Waals surface area contributed by atoms with Crippen LogP contribution in [-0.2, 0) is 14.4 Å². The lowest BCUT2D eigenvalue weighted by atomic mass is 9.94. The highest BCUT2D eigenvalue weighted by molar-refractivity contribution is 7.98. The number of carbonyl (C=O) groups is 2. The summed E-state index contributed by atoms with van der Waals surface area (Å²) in [6.45, 7) is 6.78. The molecule has 136 valence electrons. The average Bonchev–Trinajstić information content (AvgIpc) is 2.76. The lowest BCUT2D eigenvalue weighted by Gasteiger charge is -2.25. The van der Waals surface area contributed by atoms with E-state index in [2.05, 4.69) is 10.6 Å². The van der Waals surface area contributed by atoms with Crippen molar-refractivity contribution in [3.8, 4) is 0 Å². The second kappa shape index (κ2) is 7.05. The van der Waals surface area contributed by atoms with E-state index >= 15 is 0 Å². The maximum Gasteiger partial charge on any atom is 0.431 e. The summed E-state index contributed by atoms with van der Waals surface area (Å²) in [7, 11) is 1.54. The van der Waals surface area contributed by atoms with Crippen LogP contribution in [0.3, 0.4) is 0 Å². The first-order chi connectivity index (χ1) is 11.6. The average molecular weight is 365 g/mol. The highest BCUT2D eigenvalue weighted by Gasteiger charge is 2.49. The van der Waals surface area contributed by atoms with Gasteiger partial charge in [-0.1, -0.05) is 12.1 Å². The van der Waals surface area contributed by atoms with Crippen LogP contribution in [0.5, 0.6) is 0 Å². The van der Waals surface area contributed by atoms with Crippen molar-refractivity contribution in [2.75, 3.05) is 13.3 Å². The third kappa shape index (κ3) is 4.32. The Kier molecular flexibility index (Phi) is 5.43. The quantitative estimate of drug-likeness (QED) is 0.655. The van der Waals surface area contributed by atoms with Crippen LogP contribution in [0, 0.1) is 0 Å². The largest absolute Gasteiger partial charge is 0.442 e. The number of benzene rings is 1. The zero-order valence-electron chi connectivity index (χ0n) is 15.2. The van der Waals surface area contributed by atoms with E-state index in [1.807, 2.05) is 30.5 Å².